The third-order valence-corrected chi connectivity index (χ3v) is 5.42. The van der Waals surface area contributed by atoms with E-state index < -0.39 is 5.92 Å². The quantitative estimate of drug-likeness (QED) is 0.610. The predicted octanol–water partition coefficient (Wildman–Crippen LogP) is 2.82. The van der Waals surface area contributed by atoms with Crippen LogP contribution in [0.15, 0.2) is 34.8 Å². The van der Waals surface area contributed by atoms with E-state index in [1.165, 1.54) is 0 Å². The molecule has 1 saturated heterocycles. The first-order chi connectivity index (χ1) is 10.1. The zero-order valence-electron chi connectivity index (χ0n) is 11.6. The summed E-state index contributed by atoms with van der Waals surface area (Å²) in [4.78, 5) is 25.6. The molecule has 0 N–H and O–H groups in total. The van der Waals surface area contributed by atoms with Crippen LogP contribution in [0.3, 0.4) is 0 Å². The molecule has 5 atom stereocenters. The molecule has 1 aromatic rings. The highest BCUT2D eigenvalue weighted by molar-refractivity contribution is 9.10. The van der Waals surface area contributed by atoms with Crippen molar-refractivity contribution in [2.45, 2.75) is 31.5 Å². The zero-order valence-corrected chi connectivity index (χ0v) is 13.2. The number of ether oxygens (including phenoxy) is 1. The lowest BCUT2D eigenvalue weighted by molar-refractivity contribution is -0.127. The topological polar surface area (TPSA) is 43.4 Å². The Balaban J connectivity index is 1.79. The van der Waals surface area contributed by atoms with Crippen LogP contribution in [0.4, 0.5) is 0 Å². The lowest BCUT2D eigenvalue weighted by Gasteiger charge is -2.16. The van der Waals surface area contributed by atoms with Crippen LogP contribution in [0.25, 0.3) is 0 Å². The van der Waals surface area contributed by atoms with Gasteiger partial charge in [-0.05, 0) is 29.7 Å². The first-order valence-corrected chi connectivity index (χ1v) is 8.10. The number of carbonyl (C=O) groups excluding carboxylic acids is 2. The molecular weight excluding hydrogens is 332 g/mol. The van der Waals surface area contributed by atoms with E-state index in [1.807, 2.05) is 37.3 Å². The molecule has 0 aromatic heterocycles. The van der Waals surface area contributed by atoms with Crippen molar-refractivity contribution in [1.82, 2.24) is 0 Å². The van der Waals surface area contributed by atoms with E-state index in [9.17, 15) is 9.59 Å². The minimum atomic E-state index is -0.610. The molecule has 4 rings (SSSR count). The lowest BCUT2D eigenvalue weighted by atomic mass is 9.85. The summed E-state index contributed by atoms with van der Waals surface area (Å²) in [6.07, 6.45) is 4.29. The van der Waals surface area contributed by atoms with E-state index >= 15 is 0 Å². The third-order valence-electron chi connectivity index (χ3n) is 4.93. The Bertz CT molecular complexity index is 649. The van der Waals surface area contributed by atoms with Crippen molar-refractivity contribution >= 4 is 27.5 Å². The molecule has 21 heavy (non-hydrogen) atoms. The Morgan fingerprint density at radius 2 is 1.71 bits per heavy atom. The number of ketones is 2. The smallest absolute Gasteiger partial charge is 0.154 e. The van der Waals surface area contributed by atoms with Gasteiger partial charge in [0.2, 0.25) is 0 Å². The maximum absolute atomic E-state index is 12.8. The SMILES string of the molecule is CCc1ccc(Br)cc1C1C(=O)[C@@H]2[C@H](C1=O)[C@H]1C=C[C@@H]2O1. The first-order valence-electron chi connectivity index (χ1n) is 7.31. The molecule has 3 nitrogen and oxygen atoms in total. The van der Waals surface area contributed by atoms with Crippen LogP contribution in [-0.2, 0) is 20.7 Å². The van der Waals surface area contributed by atoms with Gasteiger partial charge >= 0.3 is 0 Å². The molecule has 3 aliphatic rings. The van der Waals surface area contributed by atoms with Crippen molar-refractivity contribution < 1.29 is 14.3 Å². The summed E-state index contributed by atoms with van der Waals surface area (Å²) < 4.78 is 6.59. The number of Topliss-reactive ketones (excluding diaryl/α,β-unsaturated/α-hetero) is 2. The van der Waals surface area contributed by atoms with Crippen molar-refractivity contribution in [1.29, 1.82) is 0 Å². The van der Waals surface area contributed by atoms with Gasteiger partial charge < -0.3 is 4.74 Å². The molecule has 2 heterocycles. The number of aryl methyl sites for hydroxylation is 1. The van der Waals surface area contributed by atoms with Crippen LogP contribution >= 0.6 is 15.9 Å². The Morgan fingerprint density at radius 1 is 1.10 bits per heavy atom. The largest absolute Gasteiger partial charge is 0.365 e. The van der Waals surface area contributed by atoms with Gasteiger partial charge in [-0.2, -0.15) is 0 Å². The van der Waals surface area contributed by atoms with E-state index in [4.69, 9.17) is 4.74 Å². The maximum atomic E-state index is 12.8. The van der Waals surface area contributed by atoms with Crippen LogP contribution in [0.2, 0.25) is 0 Å². The fraction of sp³-hybridized carbons (Fsp3) is 0.412. The number of rotatable bonds is 2. The molecule has 1 aromatic carbocycles. The third kappa shape index (κ3) is 1.75. The molecule has 2 bridgehead atoms. The number of benzene rings is 1. The summed E-state index contributed by atoms with van der Waals surface area (Å²) in [6, 6.07) is 5.88. The van der Waals surface area contributed by atoms with Crippen molar-refractivity contribution in [2.75, 3.05) is 0 Å². The summed E-state index contributed by atoms with van der Waals surface area (Å²) >= 11 is 3.45. The Morgan fingerprint density at radius 3 is 2.29 bits per heavy atom. The molecule has 0 radical (unpaired) electrons. The summed E-state index contributed by atoms with van der Waals surface area (Å²) in [5, 5.41) is 0. The zero-order chi connectivity index (χ0) is 14.7. The molecule has 1 unspecified atom stereocenters. The molecule has 1 aliphatic carbocycles. The number of halogens is 1. The monoisotopic (exact) mass is 346 g/mol. The fourth-order valence-electron chi connectivity index (χ4n) is 3.97. The predicted molar refractivity (Wildman–Crippen MR) is 81.1 cm³/mol. The van der Waals surface area contributed by atoms with Crippen molar-refractivity contribution in [2.24, 2.45) is 11.8 Å². The molecular formula is C17H15BrO3. The molecule has 2 aliphatic heterocycles. The standard InChI is InChI=1S/C17H15BrO3/c1-2-8-3-4-9(18)7-10(8)13-16(19)14-11-5-6-12(21-11)15(14)17(13)20/h3-7,11-15H,2H2,1H3/t11-,12+,13?,14-,15+. The number of carbonyl (C=O) groups is 2. The van der Waals surface area contributed by atoms with Gasteiger partial charge in [0.25, 0.3) is 0 Å². The number of hydrogen-bond donors (Lipinski definition) is 0. The average Bonchev–Trinajstić information content (AvgIpc) is 3.13. The summed E-state index contributed by atoms with van der Waals surface area (Å²) in [7, 11) is 0. The van der Waals surface area contributed by atoms with E-state index in [0.717, 1.165) is 22.0 Å². The fourth-order valence-corrected chi connectivity index (χ4v) is 4.35. The minimum absolute atomic E-state index is 0.0367. The molecule has 0 spiro atoms. The normalized spacial score (nSPS) is 36.6. The molecule has 108 valence electrons. The maximum Gasteiger partial charge on any atom is 0.154 e. The Kier molecular flexibility index (Phi) is 2.95. The van der Waals surface area contributed by atoms with Gasteiger partial charge in [-0.3, -0.25) is 9.59 Å². The number of hydrogen-bond acceptors (Lipinski definition) is 3. The van der Waals surface area contributed by atoms with Crippen molar-refractivity contribution in [3.8, 4) is 0 Å². The molecule has 1 saturated carbocycles. The van der Waals surface area contributed by atoms with Crippen molar-refractivity contribution in [3.63, 3.8) is 0 Å². The lowest BCUT2D eigenvalue weighted by Crippen LogP contribution is -2.26. The summed E-state index contributed by atoms with van der Waals surface area (Å²) in [5.74, 6) is -1.09. The van der Waals surface area contributed by atoms with Gasteiger partial charge in [-0.1, -0.05) is 41.1 Å². The average molecular weight is 347 g/mol. The van der Waals surface area contributed by atoms with Crippen LogP contribution in [0, 0.1) is 11.8 Å². The van der Waals surface area contributed by atoms with Gasteiger partial charge in [-0.15, -0.1) is 0 Å². The van der Waals surface area contributed by atoms with Crippen molar-refractivity contribution in [3.05, 3.63) is 46.0 Å². The summed E-state index contributed by atoms with van der Waals surface area (Å²) in [6.45, 7) is 2.05. The van der Waals surface area contributed by atoms with Gasteiger partial charge in [0.1, 0.15) is 5.92 Å². The number of fused-ring (bicyclic) bond motifs is 5. The Labute approximate surface area is 131 Å². The highest BCUT2D eigenvalue weighted by Gasteiger charge is 2.61. The van der Waals surface area contributed by atoms with Gasteiger partial charge in [0.05, 0.1) is 24.0 Å². The molecule has 4 heteroatoms. The van der Waals surface area contributed by atoms with Crippen LogP contribution in [-0.4, -0.2) is 23.8 Å². The van der Waals surface area contributed by atoms with Crippen LogP contribution in [0.5, 0.6) is 0 Å². The van der Waals surface area contributed by atoms with Gasteiger partial charge in [-0.25, -0.2) is 0 Å². The van der Waals surface area contributed by atoms with E-state index in [0.29, 0.717) is 0 Å². The van der Waals surface area contributed by atoms with E-state index in [2.05, 4.69) is 15.9 Å². The van der Waals surface area contributed by atoms with Gasteiger partial charge in [0, 0.05) is 4.47 Å². The second-order valence-electron chi connectivity index (χ2n) is 5.94. The second-order valence-corrected chi connectivity index (χ2v) is 6.85. The van der Waals surface area contributed by atoms with E-state index in [1.54, 1.807) is 0 Å². The van der Waals surface area contributed by atoms with E-state index in [-0.39, 0.29) is 35.6 Å². The first kappa shape index (κ1) is 13.4. The van der Waals surface area contributed by atoms with Crippen LogP contribution < -0.4 is 0 Å². The van der Waals surface area contributed by atoms with Crippen LogP contribution in [0.1, 0.15) is 24.0 Å². The highest BCUT2D eigenvalue weighted by Crippen LogP contribution is 2.50. The molecule has 0 amide bonds. The van der Waals surface area contributed by atoms with Gasteiger partial charge in [0.15, 0.2) is 11.6 Å². The minimum Gasteiger partial charge on any atom is -0.365 e. The Hall–Kier alpha value is -1.26. The highest BCUT2D eigenvalue weighted by atomic mass is 79.9. The summed E-state index contributed by atoms with van der Waals surface area (Å²) in [5.41, 5.74) is 1.95. The second kappa shape index (κ2) is 4.62. The molecule has 2 fully saturated rings.